The van der Waals surface area contributed by atoms with E-state index in [9.17, 15) is 23.7 Å². The first-order chi connectivity index (χ1) is 10.9. The summed E-state index contributed by atoms with van der Waals surface area (Å²) < 4.78 is 11.6. The zero-order valence-electron chi connectivity index (χ0n) is 13.0. The van der Waals surface area contributed by atoms with Crippen LogP contribution in [-0.2, 0) is 15.6 Å². The lowest BCUT2D eigenvalue weighted by Gasteiger charge is -2.14. The molecule has 1 unspecified atom stereocenters. The molecule has 1 aromatic heterocycles. The highest BCUT2D eigenvalue weighted by molar-refractivity contribution is 7.85. The third-order valence-electron chi connectivity index (χ3n) is 2.96. The normalized spacial score (nSPS) is 13.9. The summed E-state index contributed by atoms with van der Waals surface area (Å²) in [4.78, 5) is 39.0. The maximum atomic E-state index is 11.8. The van der Waals surface area contributed by atoms with Crippen molar-refractivity contribution in [2.24, 2.45) is 0 Å². The van der Waals surface area contributed by atoms with Crippen LogP contribution < -0.4 is 16.6 Å². The van der Waals surface area contributed by atoms with Crippen molar-refractivity contribution in [3.8, 4) is 0 Å². The van der Waals surface area contributed by atoms with E-state index in [1.54, 1.807) is 6.92 Å². The maximum absolute atomic E-state index is 11.8. The Bertz CT molecular complexity index is 707. The SMILES string of the molecule is CCCS(=O)C[C@H](CO)NC(=O)/C=C/c1c(C)[nH]c(=O)[nH]c1=O. The average Bonchev–Trinajstić information content (AvgIpc) is 2.45. The number of aliphatic hydroxyl groups is 1. The molecule has 1 amide bonds. The van der Waals surface area contributed by atoms with Crippen LogP contribution >= 0.6 is 0 Å². The Balaban J connectivity index is 2.74. The van der Waals surface area contributed by atoms with Crippen molar-refractivity contribution in [3.63, 3.8) is 0 Å². The Hall–Kier alpha value is -2.00. The molecule has 1 heterocycles. The fraction of sp³-hybridized carbons (Fsp3) is 0.500. The Kier molecular flexibility index (Phi) is 7.63. The van der Waals surface area contributed by atoms with Gasteiger partial charge in [0, 0.05) is 34.1 Å². The molecule has 1 rings (SSSR count). The molecule has 0 fully saturated rings. The summed E-state index contributed by atoms with van der Waals surface area (Å²) in [6.45, 7) is 3.11. The van der Waals surface area contributed by atoms with E-state index < -0.39 is 34.0 Å². The van der Waals surface area contributed by atoms with Crippen molar-refractivity contribution >= 4 is 22.8 Å². The van der Waals surface area contributed by atoms with Crippen LogP contribution in [0, 0.1) is 6.92 Å². The summed E-state index contributed by atoms with van der Waals surface area (Å²) in [5.41, 5.74) is -0.716. The monoisotopic (exact) mass is 343 g/mol. The zero-order valence-corrected chi connectivity index (χ0v) is 13.9. The lowest BCUT2D eigenvalue weighted by atomic mass is 10.2. The Morgan fingerprint density at radius 1 is 1.39 bits per heavy atom. The van der Waals surface area contributed by atoms with E-state index >= 15 is 0 Å². The number of carbonyl (C=O) groups excluding carboxylic acids is 1. The molecule has 4 N–H and O–H groups in total. The van der Waals surface area contributed by atoms with Crippen LogP contribution in [-0.4, -0.2) is 49.3 Å². The number of rotatable bonds is 8. The maximum Gasteiger partial charge on any atom is 0.325 e. The van der Waals surface area contributed by atoms with Crippen LogP contribution in [0.5, 0.6) is 0 Å². The highest BCUT2D eigenvalue weighted by Gasteiger charge is 2.13. The van der Waals surface area contributed by atoms with Gasteiger partial charge in [-0.1, -0.05) is 6.92 Å². The molecule has 0 aliphatic heterocycles. The van der Waals surface area contributed by atoms with E-state index in [-0.39, 0.29) is 17.9 Å². The molecule has 8 nitrogen and oxygen atoms in total. The van der Waals surface area contributed by atoms with E-state index in [0.717, 1.165) is 12.5 Å². The van der Waals surface area contributed by atoms with E-state index in [4.69, 9.17) is 0 Å². The number of nitrogens with one attached hydrogen (secondary N) is 3. The van der Waals surface area contributed by atoms with Gasteiger partial charge in [0.2, 0.25) is 5.91 Å². The van der Waals surface area contributed by atoms with Crippen molar-refractivity contribution in [1.29, 1.82) is 0 Å². The van der Waals surface area contributed by atoms with Crippen LogP contribution in [0.1, 0.15) is 24.6 Å². The van der Waals surface area contributed by atoms with Gasteiger partial charge < -0.3 is 15.4 Å². The first-order valence-corrected chi connectivity index (χ1v) is 8.63. The van der Waals surface area contributed by atoms with Gasteiger partial charge in [-0.25, -0.2) is 4.79 Å². The summed E-state index contributed by atoms with van der Waals surface area (Å²) in [6.07, 6.45) is 3.16. The summed E-state index contributed by atoms with van der Waals surface area (Å²) in [6, 6.07) is -0.616. The summed E-state index contributed by atoms with van der Waals surface area (Å²) in [7, 11) is -1.11. The number of aromatic nitrogens is 2. The van der Waals surface area contributed by atoms with Crippen molar-refractivity contribution < 1.29 is 14.1 Å². The van der Waals surface area contributed by atoms with Crippen LogP contribution in [0.2, 0.25) is 0 Å². The third-order valence-corrected chi connectivity index (χ3v) is 4.60. The van der Waals surface area contributed by atoms with Gasteiger partial charge in [-0.2, -0.15) is 0 Å². The number of aliphatic hydroxyl groups excluding tert-OH is 1. The van der Waals surface area contributed by atoms with Crippen LogP contribution in [0.3, 0.4) is 0 Å². The quantitative estimate of drug-likeness (QED) is 0.451. The predicted octanol–water partition coefficient (Wildman–Crippen LogP) is -0.979. The van der Waals surface area contributed by atoms with E-state index in [1.807, 2.05) is 6.92 Å². The Morgan fingerprint density at radius 3 is 2.65 bits per heavy atom. The van der Waals surface area contributed by atoms with Crippen molar-refractivity contribution in [2.75, 3.05) is 18.1 Å². The molecule has 9 heteroatoms. The van der Waals surface area contributed by atoms with Gasteiger partial charge in [0.15, 0.2) is 0 Å². The van der Waals surface area contributed by atoms with Crippen LogP contribution in [0.15, 0.2) is 15.7 Å². The molecular formula is C14H21N3O5S. The van der Waals surface area contributed by atoms with E-state index in [2.05, 4.69) is 15.3 Å². The van der Waals surface area contributed by atoms with Gasteiger partial charge >= 0.3 is 5.69 Å². The summed E-state index contributed by atoms with van der Waals surface area (Å²) >= 11 is 0. The van der Waals surface area contributed by atoms with Gasteiger partial charge in [0.25, 0.3) is 5.56 Å². The fourth-order valence-corrected chi connectivity index (χ4v) is 3.15. The van der Waals surface area contributed by atoms with Crippen LogP contribution in [0.25, 0.3) is 6.08 Å². The molecule has 1 aromatic rings. The Labute approximate surface area is 135 Å². The first kappa shape index (κ1) is 19.0. The number of aryl methyl sites for hydroxylation is 1. The van der Waals surface area contributed by atoms with Gasteiger partial charge in [0.1, 0.15) is 0 Å². The second-order valence-corrected chi connectivity index (χ2v) is 6.60. The fourth-order valence-electron chi connectivity index (χ4n) is 1.89. The highest BCUT2D eigenvalue weighted by Crippen LogP contribution is 1.98. The molecule has 128 valence electrons. The molecule has 0 aliphatic carbocycles. The first-order valence-electron chi connectivity index (χ1n) is 7.15. The second kappa shape index (κ2) is 9.21. The molecule has 0 bridgehead atoms. The number of hydrogen-bond donors (Lipinski definition) is 4. The second-order valence-electron chi connectivity index (χ2n) is 4.98. The summed E-state index contributed by atoms with van der Waals surface area (Å²) in [5, 5.41) is 11.8. The molecule has 0 aromatic carbocycles. The van der Waals surface area contributed by atoms with E-state index in [1.165, 1.54) is 6.08 Å². The molecule has 0 aliphatic rings. The van der Waals surface area contributed by atoms with Gasteiger partial charge in [-0.15, -0.1) is 0 Å². The smallest absolute Gasteiger partial charge is 0.325 e. The third kappa shape index (κ3) is 6.33. The minimum absolute atomic E-state index is 0.162. The van der Waals surface area contributed by atoms with Crippen molar-refractivity contribution in [1.82, 2.24) is 15.3 Å². The van der Waals surface area contributed by atoms with E-state index in [0.29, 0.717) is 11.4 Å². The molecule has 0 radical (unpaired) electrons. The lowest BCUT2D eigenvalue weighted by molar-refractivity contribution is -0.117. The Morgan fingerprint density at radius 2 is 2.09 bits per heavy atom. The topological polar surface area (TPSA) is 132 Å². The van der Waals surface area contributed by atoms with Gasteiger partial charge in [0.05, 0.1) is 18.2 Å². The van der Waals surface area contributed by atoms with Crippen molar-refractivity contribution in [2.45, 2.75) is 26.3 Å². The number of carbonyl (C=O) groups is 1. The highest BCUT2D eigenvalue weighted by atomic mass is 32.2. The molecule has 0 saturated carbocycles. The number of aromatic amines is 2. The van der Waals surface area contributed by atoms with Crippen LogP contribution in [0.4, 0.5) is 0 Å². The molecule has 0 spiro atoms. The zero-order chi connectivity index (χ0) is 17.4. The minimum Gasteiger partial charge on any atom is -0.394 e. The molecular weight excluding hydrogens is 322 g/mol. The minimum atomic E-state index is -1.11. The van der Waals surface area contributed by atoms with Gasteiger partial charge in [-0.3, -0.25) is 18.8 Å². The number of amides is 1. The average molecular weight is 343 g/mol. The standard InChI is InChI=1S/C14H21N3O5S/c1-3-6-23(22)8-10(7-18)16-12(19)5-4-11-9(2)15-14(21)17-13(11)20/h4-5,10,18H,3,6-8H2,1-2H3,(H,16,19)(H2,15,17,20,21)/b5-4+/t10-,23?/m0/s1. The predicted molar refractivity (Wildman–Crippen MR) is 88.6 cm³/mol. The molecule has 0 saturated heterocycles. The molecule has 2 atom stereocenters. The van der Waals surface area contributed by atoms with Crippen molar-refractivity contribution in [3.05, 3.63) is 38.2 Å². The number of hydrogen-bond acceptors (Lipinski definition) is 5. The summed E-state index contributed by atoms with van der Waals surface area (Å²) in [5.74, 6) is 0.152. The molecule has 23 heavy (non-hydrogen) atoms. The number of H-pyrrole nitrogens is 2. The lowest BCUT2D eigenvalue weighted by Crippen LogP contribution is -2.40. The largest absolute Gasteiger partial charge is 0.394 e. The van der Waals surface area contributed by atoms with Gasteiger partial charge in [-0.05, 0) is 19.4 Å².